The van der Waals surface area contributed by atoms with Crippen LogP contribution in [0.2, 0.25) is 0 Å². The lowest BCUT2D eigenvalue weighted by atomic mass is 9.76. The Balaban J connectivity index is 2.04. The summed E-state index contributed by atoms with van der Waals surface area (Å²) in [5, 5.41) is 15.2. The van der Waals surface area contributed by atoms with Gasteiger partial charge >= 0.3 is 12.0 Å². The molecular weight excluding hydrogens is 278 g/mol. The molecule has 1 saturated carbocycles. The molecule has 7 heteroatoms. The van der Waals surface area contributed by atoms with E-state index in [9.17, 15) is 14.7 Å². The first-order valence-corrected chi connectivity index (χ1v) is 7.48. The van der Waals surface area contributed by atoms with Gasteiger partial charge in [0.05, 0.1) is 0 Å². The van der Waals surface area contributed by atoms with Crippen LogP contribution < -0.4 is 10.6 Å². The van der Waals surface area contributed by atoms with Gasteiger partial charge in [-0.25, -0.2) is 14.6 Å². The van der Waals surface area contributed by atoms with Crippen LogP contribution in [-0.4, -0.2) is 27.6 Å². The standard InChI is InChI=1S/C13H19N3O3S/c1-8-4-3-5-13(6-8,10(17)18)16-11(19)15-12-14-7-9(2)20-12/h7-8H,3-6H2,1-2H3,(H,17,18)(H2,14,15,16,19). The normalized spacial score (nSPS) is 26.0. The molecule has 2 unspecified atom stereocenters. The SMILES string of the molecule is Cc1cnc(NC(=O)NC2(C(=O)O)CCCC(C)C2)s1. The number of nitrogens with zero attached hydrogens (tertiary/aromatic N) is 1. The van der Waals surface area contributed by atoms with Gasteiger partial charge in [0.15, 0.2) is 5.13 Å². The Labute approximate surface area is 121 Å². The summed E-state index contributed by atoms with van der Waals surface area (Å²) in [4.78, 5) is 28.6. The molecule has 1 fully saturated rings. The summed E-state index contributed by atoms with van der Waals surface area (Å²) in [5.74, 6) is -0.670. The number of aliphatic carboxylic acids is 1. The molecule has 1 aliphatic carbocycles. The van der Waals surface area contributed by atoms with Crippen molar-refractivity contribution >= 4 is 28.5 Å². The number of aromatic nitrogens is 1. The summed E-state index contributed by atoms with van der Waals surface area (Å²) in [6.07, 6.45) is 4.41. The fourth-order valence-electron chi connectivity index (χ4n) is 2.67. The molecule has 1 aliphatic rings. The molecule has 2 amide bonds. The van der Waals surface area contributed by atoms with Crippen LogP contribution in [0, 0.1) is 12.8 Å². The van der Waals surface area contributed by atoms with Crippen molar-refractivity contribution in [2.45, 2.75) is 45.1 Å². The maximum atomic E-state index is 12.0. The smallest absolute Gasteiger partial charge is 0.329 e. The number of nitrogens with one attached hydrogen (secondary N) is 2. The zero-order valence-electron chi connectivity index (χ0n) is 11.6. The minimum atomic E-state index is -1.16. The lowest BCUT2D eigenvalue weighted by Gasteiger charge is -2.36. The molecule has 3 N–H and O–H groups in total. The van der Waals surface area contributed by atoms with E-state index < -0.39 is 17.5 Å². The number of carbonyl (C=O) groups is 2. The van der Waals surface area contributed by atoms with E-state index in [1.54, 1.807) is 6.20 Å². The molecule has 1 heterocycles. The van der Waals surface area contributed by atoms with Crippen molar-refractivity contribution in [2.75, 3.05) is 5.32 Å². The highest BCUT2D eigenvalue weighted by molar-refractivity contribution is 7.15. The van der Waals surface area contributed by atoms with E-state index in [4.69, 9.17) is 0 Å². The van der Waals surface area contributed by atoms with Crippen LogP contribution in [0.3, 0.4) is 0 Å². The van der Waals surface area contributed by atoms with Gasteiger partial charge in [0.2, 0.25) is 0 Å². The number of rotatable bonds is 3. The summed E-state index contributed by atoms with van der Waals surface area (Å²) < 4.78 is 0. The van der Waals surface area contributed by atoms with Gasteiger partial charge in [0, 0.05) is 11.1 Å². The fourth-order valence-corrected chi connectivity index (χ4v) is 3.33. The van der Waals surface area contributed by atoms with Crippen molar-refractivity contribution in [2.24, 2.45) is 5.92 Å². The van der Waals surface area contributed by atoms with E-state index in [1.807, 2.05) is 13.8 Å². The predicted molar refractivity (Wildman–Crippen MR) is 77.0 cm³/mol. The van der Waals surface area contributed by atoms with Crippen molar-refractivity contribution in [3.05, 3.63) is 11.1 Å². The van der Waals surface area contributed by atoms with E-state index in [2.05, 4.69) is 15.6 Å². The first-order valence-electron chi connectivity index (χ1n) is 6.66. The number of amides is 2. The van der Waals surface area contributed by atoms with Gasteiger partial charge in [0.25, 0.3) is 0 Å². The van der Waals surface area contributed by atoms with Crippen LogP contribution in [-0.2, 0) is 4.79 Å². The fraction of sp³-hybridized carbons (Fsp3) is 0.615. The zero-order valence-corrected chi connectivity index (χ0v) is 12.4. The molecule has 0 aromatic carbocycles. The molecule has 2 atom stereocenters. The Bertz CT molecular complexity index is 517. The zero-order chi connectivity index (χ0) is 14.8. The van der Waals surface area contributed by atoms with Gasteiger partial charge in [0.1, 0.15) is 5.54 Å². The van der Waals surface area contributed by atoms with E-state index >= 15 is 0 Å². The van der Waals surface area contributed by atoms with Crippen molar-refractivity contribution in [3.8, 4) is 0 Å². The number of aryl methyl sites for hydroxylation is 1. The van der Waals surface area contributed by atoms with Crippen LogP contribution in [0.4, 0.5) is 9.93 Å². The molecule has 0 aliphatic heterocycles. The Hall–Kier alpha value is -1.63. The van der Waals surface area contributed by atoms with Crippen LogP contribution in [0.25, 0.3) is 0 Å². The molecule has 0 spiro atoms. The van der Waals surface area contributed by atoms with E-state index in [0.717, 1.165) is 17.7 Å². The second kappa shape index (κ2) is 5.78. The Morgan fingerprint density at radius 3 is 2.85 bits per heavy atom. The Morgan fingerprint density at radius 2 is 2.30 bits per heavy atom. The number of hydrogen-bond acceptors (Lipinski definition) is 4. The summed E-state index contributed by atoms with van der Waals surface area (Å²) in [7, 11) is 0. The minimum absolute atomic E-state index is 0.294. The van der Waals surface area contributed by atoms with Crippen molar-refractivity contribution in [3.63, 3.8) is 0 Å². The minimum Gasteiger partial charge on any atom is -0.480 e. The average molecular weight is 297 g/mol. The number of carboxylic acids is 1. The van der Waals surface area contributed by atoms with Crippen LogP contribution >= 0.6 is 11.3 Å². The second-order valence-corrected chi connectivity index (χ2v) is 6.68. The highest BCUT2D eigenvalue weighted by Gasteiger charge is 2.43. The average Bonchev–Trinajstić information content (AvgIpc) is 2.74. The van der Waals surface area contributed by atoms with Crippen LogP contribution in [0.5, 0.6) is 0 Å². The number of anilines is 1. The third-order valence-electron chi connectivity index (χ3n) is 3.60. The van der Waals surface area contributed by atoms with Gasteiger partial charge < -0.3 is 10.4 Å². The molecule has 2 rings (SSSR count). The molecule has 110 valence electrons. The predicted octanol–water partition coefficient (Wildman–Crippen LogP) is 2.61. The maximum absolute atomic E-state index is 12.0. The number of hydrogen-bond donors (Lipinski definition) is 3. The molecule has 1 aromatic heterocycles. The molecule has 6 nitrogen and oxygen atoms in total. The third-order valence-corrected chi connectivity index (χ3v) is 4.43. The first-order chi connectivity index (χ1) is 9.41. The number of thiazole rings is 1. The maximum Gasteiger partial charge on any atom is 0.329 e. The molecule has 1 aromatic rings. The summed E-state index contributed by atoms with van der Waals surface area (Å²) in [6, 6.07) is -0.504. The van der Waals surface area contributed by atoms with Crippen molar-refractivity contribution in [1.29, 1.82) is 0 Å². The summed E-state index contributed by atoms with van der Waals surface area (Å²) >= 11 is 1.36. The Morgan fingerprint density at radius 1 is 1.55 bits per heavy atom. The topological polar surface area (TPSA) is 91.3 Å². The monoisotopic (exact) mass is 297 g/mol. The highest BCUT2D eigenvalue weighted by Crippen LogP contribution is 2.32. The van der Waals surface area contributed by atoms with Crippen LogP contribution in [0.15, 0.2) is 6.20 Å². The highest BCUT2D eigenvalue weighted by atomic mass is 32.1. The number of carboxylic acid groups (broad SMARTS) is 1. The van der Waals surface area contributed by atoms with Gasteiger partial charge in [-0.1, -0.05) is 19.8 Å². The van der Waals surface area contributed by atoms with Gasteiger partial charge in [-0.15, -0.1) is 11.3 Å². The molecule has 0 saturated heterocycles. The second-order valence-electron chi connectivity index (χ2n) is 5.44. The van der Waals surface area contributed by atoms with Crippen molar-refractivity contribution in [1.82, 2.24) is 10.3 Å². The molecular formula is C13H19N3O3S. The quantitative estimate of drug-likeness (QED) is 0.799. The van der Waals surface area contributed by atoms with E-state index in [0.29, 0.717) is 23.9 Å². The molecule has 0 radical (unpaired) electrons. The largest absolute Gasteiger partial charge is 0.480 e. The van der Waals surface area contributed by atoms with Gasteiger partial charge in [-0.05, 0) is 25.7 Å². The van der Waals surface area contributed by atoms with Gasteiger partial charge in [-0.2, -0.15) is 0 Å². The molecule has 20 heavy (non-hydrogen) atoms. The number of urea groups is 1. The van der Waals surface area contributed by atoms with E-state index in [1.165, 1.54) is 11.3 Å². The third kappa shape index (κ3) is 3.27. The van der Waals surface area contributed by atoms with Crippen molar-refractivity contribution < 1.29 is 14.7 Å². The van der Waals surface area contributed by atoms with Crippen LogP contribution in [0.1, 0.15) is 37.5 Å². The molecule has 0 bridgehead atoms. The Kier molecular flexibility index (Phi) is 4.27. The number of carbonyl (C=O) groups excluding carboxylic acids is 1. The summed E-state index contributed by atoms with van der Waals surface area (Å²) in [6.45, 7) is 3.91. The lowest BCUT2D eigenvalue weighted by molar-refractivity contribution is -0.146. The van der Waals surface area contributed by atoms with Gasteiger partial charge in [-0.3, -0.25) is 5.32 Å². The van der Waals surface area contributed by atoms with E-state index in [-0.39, 0.29) is 0 Å². The summed E-state index contributed by atoms with van der Waals surface area (Å²) in [5.41, 5.74) is -1.16. The first kappa shape index (κ1) is 14.8. The lowest BCUT2D eigenvalue weighted by Crippen LogP contribution is -2.57.